The second kappa shape index (κ2) is 5.38. The van der Waals surface area contributed by atoms with Crippen molar-refractivity contribution in [1.82, 2.24) is 4.98 Å². The number of nitrogens with zero attached hydrogens (tertiary/aromatic N) is 3. The zero-order valence-electron chi connectivity index (χ0n) is 12.6. The van der Waals surface area contributed by atoms with Gasteiger partial charge in [0.2, 0.25) is 0 Å². The van der Waals surface area contributed by atoms with Gasteiger partial charge in [-0.25, -0.2) is 4.98 Å². The number of hydrogen-bond acceptors (Lipinski definition) is 4. The van der Waals surface area contributed by atoms with Crippen LogP contribution in [0.2, 0.25) is 0 Å². The van der Waals surface area contributed by atoms with E-state index >= 15 is 0 Å². The molecule has 0 saturated heterocycles. The monoisotopic (exact) mass is 269 g/mol. The first-order chi connectivity index (χ1) is 9.45. The third kappa shape index (κ3) is 2.39. The van der Waals surface area contributed by atoms with Crippen LogP contribution >= 0.6 is 0 Å². The van der Waals surface area contributed by atoms with Crippen LogP contribution in [0.15, 0.2) is 18.2 Å². The van der Waals surface area contributed by atoms with Crippen molar-refractivity contribution in [3.8, 4) is 11.8 Å². The van der Waals surface area contributed by atoms with Crippen LogP contribution in [-0.4, -0.2) is 25.2 Å². The molecule has 0 N–H and O–H groups in total. The Morgan fingerprint density at radius 2 is 2.00 bits per heavy atom. The Balaban J connectivity index is 2.83. The van der Waals surface area contributed by atoms with Gasteiger partial charge in [0.1, 0.15) is 23.0 Å². The number of nitriles is 1. The minimum atomic E-state index is 0.0667. The summed E-state index contributed by atoms with van der Waals surface area (Å²) in [6, 6.07) is 8.04. The minimum Gasteiger partial charge on any atom is -0.489 e. The van der Waals surface area contributed by atoms with Crippen LogP contribution in [0.25, 0.3) is 10.9 Å². The largest absolute Gasteiger partial charge is 0.489 e. The molecule has 0 spiro atoms. The summed E-state index contributed by atoms with van der Waals surface area (Å²) in [5, 5.41) is 10.3. The lowest BCUT2D eigenvalue weighted by atomic mass is 10.1. The number of fused-ring (bicyclic) bond motifs is 1. The summed E-state index contributed by atoms with van der Waals surface area (Å²) in [5.74, 6) is 0.720. The summed E-state index contributed by atoms with van der Waals surface area (Å²) >= 11 is 0. The molecule has 4 nitrogen and oxygen atoms in total. The van der Waals surface area contributed by atoms with Crippen molar-refractivity contribution in [2.75, 3.05) is 19.0 Å². The lowest BCUT2D eigenvalue weighted by Crippen LogP contribution is -2.13. The number of hydrogen-bond donors (Lipinski definition) is 0. The maximum atomic E-state index is 9.29. The van der Waals surface area contributed by atoms with E-state index in [1.807, 2.05) is 58.0 Å². The predicted molar refractivity (Wildman–Crippen MR) is 81.3 cm³/mol. The van der Waals surface area contributed by atoms with E-state index in [9.17, 15) is 5.26 Å². The van der Waals surface area contributed by atoms with E-state index in [-0.39, 0.29) is 6.10 Å². The predicted octanol–water partition coefficient (Wildman–Crippen LogP) is 3.27. The van der Waals surface area contributed by atoms with E-state index in [2.05, 4.69) is 11.1 Å². The number of anilines is 1. The second-order valence-corrected chi connectivity index (χ2v) is 5.26. The molecular formula is C16H19N3O. The van der Waals surface area contributed by atoms with E-state index in [1.54, 1.807) is 0 Å². The van der Waals surface area contributed by atoms with Crippen molar-refractivity contribution in [3.63, 3.8) is 0 Å². The fraction of sp³-hybridized carbons (Fsp3) is 0.375. The standard InChI is InChI=1S/C16H19N3O/c1-10(2)20-14-8-6-7-12-15(14)18-13(9-17)11(3)16(12)19(4)5/h6-8,10H,1-5H3. The Hall–Kier alpha value is -2.28. The third-order valence-electron chi connectivity index (χ3n) is 3.10. The van der Waals surface area contributed by atoms with Gasteiger partial charge in [-0.05, 0) is 26.8 Å². The van der Waals surface area contributed by atoms with Gasteiger partial charge < -0.3 is 9.64 Å². The quantitative estimate of drug-likeness (QED) is 0.858. The van der Waals surface area contributed by atoms with Crippen LogP contribution in [0.4, 0.5) is 5.69 Å². The smallest absolute Gasteiger partial charge is 0.146 e. The molecule has 1 heterocycles. The van der Waals surface area contributed by atoms with Crippen molar-refractivity contribution in [3.05, 3.63) is 29.5 Å². The topological polar surface area (TPSA) is 49.1 Å². The molecule has 4 heteroatoms. The van der Waals surface area contributed by atoms with Crippen LogP contribution in [-0.2, 0) is 0 Å². The molecule has 0 amide bonds. The molecule has 1 aromatic heterocycles. The number of ether oxygens (including phenoxy) is 1. The Bertz CT molecular complexity index is 684. The van der Waals surface area contributed by atoms with Crippen molar-refractivity contribution in [1.29, 1.82) is 5.26 Å². The van der Waals surface area contributed by atoms with E-state index in [0.717, 1.165) is 27.9 Å². The van der Waals surface area contributed by atoms with E-state index in [1.165, 1.54) is 0 Å². The fourth-order valence-corrected chi connectivity index (χ4v) is 2.37. The molecule has 1 aromatic carbocycles. The number of benzene rings is 1. The molecule has 0 fully saturated rings. The van der Waals surface area contributed by atoms with Crippen molar-refractivity contribution < 1.29 is 4.74 Å². The zero-order chi connectivity index (χ0) is 14.9. The first kappa shape index (κ1) is 14.1. The number of para-hydroxylation sites is 1. The summed E-state index contributed by atoms with van der Waals surface area (Å²) in [6.07, 6.45) is 0.0667. The lowest BCUT2D eigenvalue weighted by Gasteiger charge is -2.20. The van der Waals surface area contributed by atoms with Crippen molar-refractivity contribution in [2.45, 2.75) is 26.9 Å². The molecule has 2 rings (SSSR count). The van der Waals surface area contributed by atoms with E-state index in [4.69, 9.17) is 4.74 Å². The maximum absolute atomic E-state index is 9.29. The van der Waals surface area contributed by atoms with Crippen molar-refractivity contribution >= 4 is 16.6 Å². The molecule has 104 valence electrons. The molecule has 0 atom stereocenters. The summed E-state index contributed by atoms with van der Waals surface area (Å²) < 4.78 is 5.81. The number of aromatic nitrogens is 1. The summed E-state index contributed by atoms with van der Waals surface area (Å²) in [6.45, 7) is 5.88. The maximum Gasteiger partial charge on any atom is 0.146 e. The van der Waals surface area contributed by atoms with Gasteiger partial charge in [0, 0.05) is 25.0 Å². The molecule has 0 aliphatic rings. The van der Waals surface area contributed by atoms with Gasteiger partial charge in [0.15, 0.2) is 0 Å². The molecule has 20 heavy (non-hydrogen) atoms. The zero-order valence-corrected chi connectivity index (χ0v) is 12.6. The molecule has 0 aliphatic carbocycles. The lowest BCUT2D eigenvalue weighted by molar-refractivity contribution is 0.245. The van der Waals surface area contributed by atoms with Crippen LogP contribution in [0.5, 0.6) is 5.75 Å². The summed E-state index contributed by atoms with van der Waals surface area (Å²) in [7, 11) is 3.94. The highest BCUT2D eigenvalue weighted by Crippen LogP contribution is 2.34. The van der Waals surface area contributed by atoms with Gasteiger partial charge in [-0.15, -0.1) is 0 Å². The summed E-state index contributed by atoms with van der Waals surface area (Å²) in [5.41, 5.74) is 3.10. The minimum absolute atomic E-state index is 0.0667. The molecule has 0 unspecified atom stereocenters. The Kier molecular flexibility index (Phi) is 3.80. The van der Waals surface area contributed by atoms with Gasteiger partial charge in [0.05, 0.1) is 11.8 Å². The highest BCUT2D eigenvalue weighted by molar-refractivity contribution is 5.97. The van der Waals surface area contributed by atoms with Crippen LogP contribution in [0, 0.1) is 18.3 Å². The highest BCUT2D eigenvalue weighted by Gasteiger charge is 2.16. The molecule has 0 aliphatic heterocycles. The highest BCUT2D eigenvalue weighted by atomic mass is 16.5. The third-order valence-corrected chi connectivity index (χ3v) is 3.10. The van der Waals surface area contributed by atoms with Gasteiger partial charge in [0.25, 0.3) is 0 Å². The Morgan fingerprint density at radius 1 is 1.30 bits per heavy atom. The average Bonchev–Trinajstić information content (AvgIpc) is 2.37. The van der Waals surface area contributed by atoms with Gasteiger partial charge >= 0.3 is 0 Å². The number of pyridine rings is 1. The second-order valence-electron chi connectivity index (χ2n) is 5.26. The number of rotatable bonds is 3. The van der Waals surface area contributed by atoms with Gasteiger partial charge in [-0.3, -0.25) is 0 Å². The average molecular weight is 269 g/mol. The van der Waals surface area contributed by atoms with Crippen molar-refractivity contribution in [2.24, 2.45) is 0 Å². The van der Waals surface area contributed by atoms with Gasteiger partial charge in [-0.2, -0.15) is 5.26 Å². The van der Waals surface area contributed by atoms with Gasteiger partial charge in [-0.1, -0.05) is 12.1 Å². The van der Waals surface area contributed by atoms with Crippen LogP contribution in [0.3, 0.4) is 0 Å². The molecular weight excluding hydrogens is 250 g/mol. The van der Waals surface area contributed by atoms with Crippen LogP contribution < -0.4 is 9.64 Å². The Morgan fingerprint density at radius 3 is 2.55 bits per heavy atom. The molecule has 2 aromatic rings. The van der Waals surface area contributed by atoms with Crippen LogP contribution in [0.1, 0.15) is 25.1 Å². The van der Waals surface area contributed by atoms with E-state index in [0.29, 0.717) is 5.69 Å². The molecule has 0 bridgehead atoms. The fourth-order valence-electron chi connectivity index (χ4n) is 2.37. The SMILES string of the molecule is Cc1c(C#N)nc2c(OC(C)C)cccc2c1N(C)C. The summed E-state index contributed by atoms with van der Waals surface area (Å²) in [4.78, 5) is 6.49. The Labute approximate surface area is 119 Å². The first-order valence-corrected chi connectivity index (χ1v) is 6.63. The first-order valence-electron chi connectivity index (χ1n) is 6.63. The van der Waals surface area contributed by atoms with E-state index < -0.39 is 0 Å². The molecule has 0 radical (unpaired) electrons. The molecule has 0 saturated carbocycles. The normalized spacial score (nSPS) is 10.7.